The number of β-amino-alcohol motifs (C(OH)–C–C–N with tert-alkyl or cyclic N) is 1. The number of hydrogen-bond donors (Lipinski definition) is 3. The third-order valence-corrected chi connectivity index (χ3v) is 11.9. The molecule has 284 valence electrons. The van der Waals surface area contributed by atoms with E-state index >= 15 is 8.78 Å². The number of anilines is 1. The van der Waals surface area contributed by atoms with Crippen molar-refractivity contribution in [3.63, 3.8) is 0 Å². The minimum atomic E-state index is -1.36. The molecule has 2 aromatic heterocycles. The smallest absolute Gasteiger partial charge is 0.319 e. The van der Waals surface area contributed by atoms with Crippen LogP contribution >= 0.6 is 0 Å². The number of pyridine rings is 1. The molecule has 0 bridgehead atoms. The van der Waals surface area contributed by atoms with Gasteiger partial charge in [0.15, 0.2) is 5.82 Å². The van der Waals surface area contributed by atoms with Crippen LogP contribution in [0.1, 0.15) is 51.9 Å². The molecule has 4 aromatic rings. The fourth-order valence-corrected chi connectivity index (χ4v) is 9.25. The molecule has 2 aromatic carbocycles. The topological polar surface area (TPSA) is 143 Å². The Morgan fingerprint density at radius 3 is 2.64 bits per heavy atom. The van der Waals surface area contributed by atoms with Gasteiger partial charge in [-0.2, -0.15) is 9.97 Å². The maximum atomic E-state index is 17.2. The molecule has 4 aliphatic rings. The predicted octanol–water partition coefficient (Wildman–Crippen LogP) is 4.98. The van der Waals surface area contributed by atoms with E-state index in [1.54, 1.807) is 25.0 Å². The maximum Gasteiger partial charge on any atom is 0.319 e. The van der Waals surface area contributed by atoms with Crippen molar-refractivity contribution in [1.29, 1.82) is 0 Å². The van der Waals surface area contributed by atoms with Gasteiger partial charge in [0, 0.05) is 42.1 Å². The molecule has 0 unspecified atom stereocenters. The van der Waals surface area contributed by atoms with Gasteiger partial charge < -0.3 is 39.2 Å². The average molecular weight is 736 g/mol. The molecule has 4 fully saturated rings. The Hall–Kier alpha value is -3.95. The number of aliphatic hydroxyl groups is 2. The van der Waals surface area contributed by atoms with Crippen LogP contribution in [0.3, 0.4) is 0 Å². The summed E-state index contributed by atoms with van der Waals surface area (Å²) in [5, 5.41) is 32.6. The number of phenolic OH excluding ortho intramolecular Hbond substituents is 1. The van der Waals surface area contributed by atoms with E-state index in [0.29, 0.717) is 30.2 Å². The van der Waals surface area contributed by atoms with E-state index in [1.165, 1.54) is 31.4 Å². The summed E-state index contributed by atoms with van der Waals surface area (Å²) in [5.74, 6) is -1.57. The van der Waals surface area contributed by atoms with Crippen LogP contribution in [0.2, 0.25) is 0 Å². The molecule has 3 N–H and O–H groups in total. The lowest BCUT2D eigenvalue weighted by Crippen LogP contribution is -2.59. The number of fused-ring (bicyclic) bond motifs is 3. The summed E-state index contributed by atoms with van der Waals surface area (Å²) < 4.78 is 56.3. The van der Waals surface area contributed by atoms with Crippen LogP contribution in [-0.4, -0.2) is 119 Å². The van der Waals surface area contributed by atoms with Crippen LogP contribution < -0.4 is 14.4 Å². The van der Waals surface area contributed by atoms with Gasteiger partial charge in [-0.3, -0.25) is 4.90 Å². The Labute approximate surface area is 306 Å². The molecular weight excluding hydrogens is 688 g/mol. The SMILES string of the molecule is COc1nc(-c2cc(O)cc3cccc(F)c23)c(F)c2nc(OC[C@]34CCC[C@H]3N(C3CC(OC)C3)CCC4)nc(N3C[C@H](CO)OC[C@@](C)(O)C3)c12. The second-order valence-electron chi connectivity index (χ2n) is 15.5. The van der Waals surface area contributed by atoms with Gasteiger partial charge >= 0.3 is 6.01 Å². The number of methoxy groups -OCH3 is 2. The first-order valence-corrected chi connectivity index (χ1v) is 18.5. The molecule has 2 aliphatic carbocycles. The number of piperidine rings is 1. The number of nitrogens with zero attached hydrogens (tertiary/aromatic N) is 5. The number of rotatable bonds is 9. The predicted molar refractivity (Wildman–Crippen MR) is 193 cm³/mol. The number of ether oxygens (including phenoxy) is 4. The van der Waals surface area contributed by atoms with Crippen LogP contribution in [0.15, 0.2) is 30.3 Å². The van der Waals surface area contributed by atoms with Crippen LogP contribution in [0.5, 0.6) is 17.6 Å². The molecule has 4 heterocycles. The molecule has 4 atom stereocenters. The Morgan fingerprint density at radius 2 is 1.87 bits per heavy atom. The number of hydrogen-bond acceptors (Lipinski definition) is 12. The van der Waals surface area contributed by atoms with Gasteiger partial charge in [0.05, 0.1) is 45.7 Å². The van der Waals surface area contributed by atoms with Crippen molar-refractivity contribution in [2.75, 3.05) is 58.6 Å². The Morgan fingerprint density at radius 1 is 1.06 bits per heavy atom. The third kappa shape index (κ3) is 6.52. The van der Waals surface area contributed by atoms with E-state index in [-0.39, 0.29) is 82.7 Å². The summed E-state index contributed by atoms with van der Waals surface area (Å²) in [5.41, 5.74) is -1.93. The lowest BCUT2D eigenvalue weighted by molar-refractivity contribution is -0.0845. The van der Waals surface area contributed by atoms with Crippen molar-refractivity contribution in [2.45, 2.75) is 81.8 Å². The van der Waals surface area contributed by atoms with E-state index in [4.69, 9.17) is 23.9 Å². The molecule has 12 nitrogen and oxygen atoms in total. The zero-order valence-corrected chi connectivity index (χ0v) is 30.4. The Kier molecular flexibility index (Phi) is 9.55. The van der Waals surface area contributed by atoms with Crippen molar-refractivity contribution in [3.8, 4) is 28.9 Å². The van der Waals surface area contributed by atoms with Crippen molar-refractivity contribution < 1.29 is 43.0 Å². The molecule has 2 saturated carbocycles. The van der Waals surface area contributed by atoms with E-state index in [1.807, 2.05) is 0 Å². The second-order valence-corrected chi connectivity index (χ2v) is 15.5. The average Bonchev–Trinajstić information content (AvgIpc) is 3.49. The molecule has 0 spiro atoms. The van der Waals surface area contributed by atoms with Crippen LogP contribution in [-0.2, 0) is 9.47 Å². The zero-order valence-electron chi connectivity index (χ0n) is 30.4. The number of benzene rings is 2. The van der Waals surface area contributed by atoms with E-state index < -0.39 is 23.3 Å². The monoisotopic (exact) mass is 735 g/mol. The highest BCUT2D eigenvalue weighted by Gasteiger charge is 2.52. The largest absolute Gasteiger partial charge is 0.508 e. The number of aromatic hydroxyl groups is 1. The molecular formula is C39H47F2N5O7. The first kappa shape index (κ1) is 36.0. The standard InChI is InChI=1S/C39H47F2N5O7/c1-38(49)19-45(17-26(18-47)52-20-38)35-31-34(32(41)33(42-36(31)51-3)27-16-24(48)13-22-7-4-8-28(40)30(22)27)43-37(44-35)53-21-39-10-5-9-29(39)46(12-6-11-39)23-14-25(15-23)50-2/h4,7-8,13,16,23,25-26,29,47-49H,5-6,9-12,14-15,17-21H2,1-3H3/t23?,25?,26-,29-,38+,39-/m1/s1. The van der Waals surface area contributed by atoms with Gasteiger partial charge in [-0.25, -0.2) is 13.8 Å². The molecule has 8 rings (SSSR count). The molecule has 0 radical (unpaired) electrons. The first-order chi connectivity index (χ1) is 25.5. The number of aromatic nitrogens is 3. The summed E-state index contributed by atoms with van der Waals surface area (Å²) in [7, 11) is 3.15. The zero-order chi connectivity index (χ0) is 37.1. The lowest BCUT2D eigenvalue weighted by Gasteiger charge is -2.53. The first-order valence-electron chi connectivity index (χ1n) is 18.5. The second kappa shape index (κ2) is 14.0. The highest BCUT2D eigenvalue weighted by molar-refractivity contribution is 6.02. The van der Waals surface area contributed by atoms with E-state index in [9.17, 15) is 15.3 Å². The molecule has 2 aliphatic heterocycles. The minimum Gasteiger partial charge on any atom is -0.508 e. The summed E-state index contributed by atoms with van der Waals surface area (Å²) in [6.07, 6.45) is 6.84. The van der Waals surface area contributed by atoms with Crippen LogP contribution in [0.25, 0.3) is 32.9 Å². The minimum absolute atomic E-state index is 0.0200. The third-order valence-electron chi connectivity index (χ3n) is 11.9. The normalized spacial score (nSPS) is 29.2. The number of likely N-dealkylation sites (tertiary alicyclic amines) is 1. The van der Waals surface area contributed by atoms with Gasteiger partial charge in [-0.1, -0.05) is 18.6 Å². The van der Waals surface area contributed by atoms with Crippen molar-refractivity contribution in [3.05, 3.63) is 42.0 Å². The van der Waals surface area contributed by atoms with Crippen LogP contribution in [0.4, 0.5) is 14.6 Å². The fourth-order valence-electron chi connectivity index (χ4n) is 9.25. The Balaban J connectivity index is 1.25. The van der Waals surface area contributed by atoms with Crippen molar-refractivity contribution >= 4 is 27.5 Å². The summed E-state index contributed by atoms with van der Waals surface area (Å²) in [4.78, 5) is 18.4. The molecule has 2 saturated heterocycles. The molecule has 53 heavy (non-hydrogen) atoms. The van der Waals surface area contributed by atoms with E-state index in [2.05, 4.69) is 14.9 Å². The highest BCUT2D eigenvalue weighted by Crippen LogP contribution is 2.50. The van der Waals surface area contributed by atoms with Gasteiger partial charge in [0.1, 0.15) is 39.6 Å². The fraction of sp³-hybridized carbons (Fsp3) is 0.564. The quantitative estimate of drug-likeness (QED) is 0.214. The summed E-state index contributed by atoms with van der Waals surface area (Å²) in [6.45, 7) is 2.75. The number of halogens is 2. The lowest BCUT2D eigenvalue weighted by atomic mass is 9.73. The van der Waals surface area contributed by atoms with Gasteiger partial charge in [0.2, 0.25) is 5.88 Å². The van der Waals surface area contributed by atoms with Crippen molar-refractivity contribution in [2.24, 2.45) is 5.41 Å². The Bertz CT molecular complexity index is 2010. The number of aliphatic hydroxyl groups excluding tert-OH is 1. The van der Waals surface area contributed by atoms with Crippen molar-refractivity contribution in [1.82, 2.24) is 19.9 Å². The maximum absolute atomic E-state index is 17.2. The summed E-state index contributed by atoms with van der Waals surface area (Å²) in [6, 6.07) is 7.81. The summed E-state index contributed by atoms with van der Waals surface area (Å²) >= 11 is 0. The van der Waals surface area contributed by atoms with Crippen LogP contribution in [0, 0.1) is 17.0 Å². The van der Waals surface area contributed by atoms with E-state index in [0.717, 1.165) is 51.5 Å². The highest BCUT2D eigenvalue weighted by atomic mass is 19.1. The number of phenols is 1. The molecule has 14 heteroatoms. The molecule has 0 amide bonds. The van der Waals surface area contributed by atoms with Gasteiger partial charge in [-0.05, 0) is 75.6 Å². The van der Waals surface area contributed by atoms with Gasteiger partial charge in [0.25, 0.3) is 0 Å². The van der Waals surface area contributed by atoms with Gasteiger partial charge in [-0.15, -0.1) is 0 Å².